The fraction of sp³-hybridized carbons (Fsp3) is 0.158. The van der Waals surface area contributed by atoms with Crippen LogP contribution in [0.5, 0.6) is 11.5 Å². The normalized spacial score (nSPS) is 11.4. The molecule has 0 saturated heterocycles. The van der Waals surface area contributed by atoms with Crippen LogP contribution in [0.4, 0.5) is 0 Å². The van der Waals surface area contributed by atoms with Crippen LogP contribution in [0, 0.1) is 41.5 Å². The van der Waals surface area contributed by atoms with Gasteiger partial charge in [0.15, 0.2) is 0 Å². The highest BCUT2D eigenvalue weighted by Crippen LogP contribution is 2.52. The van der Waals surface area contributed by atoms with E-state index in [0.29, 0.717) is 11.1 Å². The fourth-order valence-corrected chi connectivity index (χ4v) is 6.77. The van der Waals surface area contributed by atoms with Gasteiger partial charge in [-0.25, -0.2) is 0 Å². The molecule has 40 heavy (non-hydrogen) atoms. The summed E-state index contributed by atoms with van der Waals surface area (Å²) in [6.07, 6.45) is 0. The summed E-state index contributed by atoms with van der Waals surface area (Å²) in [5.41, 5.74) is 11.8. The molecule has 6 aromatic carbocycles. The lowest BCUT2D eigenvalue weighted by Crippen LogP contribution is -1.96. The quantitative estimate of drug-likeness (QED) is 0.243. The first-order valence-corrected chi connectivity index (χ1v) is 13.8. The lowest BCUT2D eigenvalue weighted by molar-refractivity contribution is 0.472. The molecule has 0 radical (unpaired) electrons. The molecule has 0 heterocycles. The topological polar surface area (TPSA) is 40.5 Å². The zero-order valence-electron chi connectivity index (χ0n) is 24.0. The van der Waals surface area contributed by atoms with E-state index in [1.54, 1.807) is 0 Å². The summed E-state index contributed by atoms with van der Waals surface area (Å²) in [6, 6.07) is 29.1. The fourth-order valence-electron chi connectivity index (χ4n) is 6.77. The Labute approximate surface area is 236 Å². The van der Waals surface area contributed by atoms with Crippen LogP contribution >= 0.6 is 0 Å². The molecular formula is C38H34O2. The first-order valence-electron chi connectivity index (χ1n) is 13.8. The maximum atomic E-state index is 12.2. The zero-order chi connectivity index (χ0) is 28.3. The second-order valence-corrected chi connectivity index (χ2v) is 11.3. The summed E-state index contributed by atoms with van der Waals surface area (Å²) in [5.74, 6) is 0.368. The molecule has 6 aromatic rings. The highest BCUT2D eigenvalue weighted by molar-refractivity contribution is 6.14. The molecule has 0 spiro atoms. The number of phenols is 2. The van der Waals surface area contributed by atoms with Crippen LogP contribution in [0.3, 0.4) is 0 Å². The number of aryl methyl sites for hydroxylation is 6. The molecule has 0 bridgehead atoms. The third-order valence-corrected chi connectivity index (χ3v) is 8.19. The van der Waals surface area contributed by atoms with Crippen molar-refractivity contribution >= 4 is 21.5 Å². The summed E-state index contributed by atoms with van der Waals surface area (Å²) in [6.45, 7) is 12.6. The third kappa shape index (κ3) is 4.03. The number of benzene rings is 6. The Morgan fingerprint density at radius 3 is 1.07 bits per heavy atom. The van der Waals surface area contributed by atoms with Gasteiger partial charge in [0, 0.05) is 22.3 Å². The molecule has 0 atom stereocenters. The molecule has 0 aliphatic rings. The number of hydrogen-bond donors (Lipinski definition) is 2. The molecule has 0 aliphatic heterocycles. The van der Waals surface area contributed by atoms with E-state index in [-0.39, 0.29) is 11.5 Å². The standard InChI is InChI=1S/C38H34O2/c1-21-15-23(3)33(24(4)16-21)31-19-27-11-7-9-13-29(27)35(37(31)39)36-30-14-10-8-12-28(30)20-32(38(36)40)34-25(5)17-22(2)18-26(34)6/h7-20,39-40H,1-6H3. The Balaban J connectivity index is 1.79. The molecule has 0 saturated carbocycles. The van der Waals surface area contributed by atoms with Gasteiger partial charge in [-0.05, 0) is 109 Å². The van der Waals surface area contributed by atoms with Crippen molar-refractivity contribution in [3.8, 4) is 44.9 Å². The van der Waals surface area contributed by atoms with Crippen molar-refractivity contribution in [2.24, 2.45) is 0 Å². The minimum absolute atomic E-state index is 0.184. The minimum atomic E-state index is 0.184. The van der Waals surface area contributed by atoms with E-state index in [1.165, 1.54) is 11.1 Å². The molecule has 0 fully saturated rings. The van der Waals surface area contributed by atoms with Gasteiger partial charge in [0.05, 0.1) is 0 Å². The van der Waals surface area contributed by atoms with Crippen LogP contribution in [-0.2, 0) is 0 Å². The lowest BCUT2D eigenvalue weighted by Gasteiger charge is -2.22. The predicted molar refractivity (Wildman–Crippen MR) is 170 cm³/mol. The Morgan fingerprint density at radius 2 is 0.725 bits per heavy atom. The van der Waals surface area contributed by atoms with Gasteiger partial charge in [0.25, 0.3) is 0 Å². The summed E-state index contributed by atoms with van der Waals surface area (Å²) < 4.78 is 0. The van der Waals surface area contributed by atoms with E-state index in [9.17, 15) is 10.2 Å². The van der Waals surface area contributed by atoms with E-state index in [2.05, 4.69) is 90.1 Å². The highest BCUT2D eigenvalue weighted by Gasteiger charge is 2.25. The zero-order valence-corrected chi connectivity index (χ0v) is 24.0. The molecule has 0 aromatic heterocycles. The van der Waals surface area contributed by atoms with Crippen molar-refractivity contribution in [3.05, 3.63) is 118 Å². The number of rotatable bonds is 3. The maximum Gasteiger partial charge on any atom is 0.132 e. The van der Waals surface area contributed by atoms with Crippen molar-refractivity contribution < 1.29 is 10.2 Å². The predicted octanol–water partition coefficient (Wildman–Crippen LogP) is 10.3. The van der Waals surface area contributed by atoms with Gasteiger partial charge in [-0.2, -0.15) is 0 Å². The van der Waals surface area contributed by atoms with Crippen molar-refractivity contribution in [1.82, 2.24) is 0 Å². The van der Waals surface area contributed by atoms with Crippen LogP contribution < -0.4 is 0 Å². The van der Waals surface area contributed by atoms with Crippen molar-refractivity contribution in [2.75, 3.05) is 0 Å². The Bertz CT molecular complexity index is 1790. The largest absolute Gasteiger partial charge is 0.507 e. The lowest BCUT2D eigenvalue weighted by atomic mass is 9.84. The maximum absolute atomic E-state index is 12.2. The second-order valence-electron chi connectivity index (χ2n) is 11.3. The van der Waals surface area contributed by atoms with Crippen LogP contribution in [-0.4, -0.2) is 10.2 Å². The summed E-state index contributed by atoms with van der Waals surface area (Å²) >= 11 is 0. The van der Waals surface area contributed by atoms with Gasteiger partial charge in [-0.3, -0.25) is 0 Å². The van der Waals surface area contributed by atoms with E-state index >= 15 is 0 Å². The number of aromatic hydroxyl groups is 2. The van der Waals surface area contributed by atoms with Gasteiger partial charge >= 0.3 is 0 Å². The molecule has 0 unspecified atom stereocenters. The Kier molecular flexibility index (Phi) is 6.15. The van der Waals surface area contributed by atoms with Crippen molar-refractivity contribution in [1.29, 1.82) is 0 Å². The molecule has 198 valence electrons. The molecule has 6 rings (SSSR count). The van der Waals surface area contributed by atoms with Crippen LogP contribution in [0.15, 0.2) is 84.9 Å². The van der Waals surface area contributed by atoms with Gasteiger partial charge < -0.3 is 10.2 Å². The van der Waals surface area contributed by atoms with E-state index in [1.807, 2.05) is 36.4 Å². The summed E-state index contributed by atoms with van der Waals surface area (Å²) in [5, 5.41) is 28.2. The van der Waals surface area contributed by atoms with Crippen LogP contribution in [0.2, 0.25) is 0 Å². The third-order valence-electron chi connectivity index (χ3n) is 8.19. The van der Waals surface area contributed by atoms with E-state index in [0.717, 1.165) is 66.1 Å². The van der Waals surface area contributed by atoms with Crippen molar-refractivity contribution in [3.63, 3.8) is 0 Å². The number of hydrogen-bond acceptors (Lipinski definition) is 2. The van der Waals surface area contributed by atoms with Gasteiger partial charge in [-0.15, -0.1) is 0 Å². The van der Waals surface area contributed by atoms with E-state index in [4.69, 9.17) is 0 Å². The summed E-state index contributed by atoms with van der Waals surface area (Å²) in [7, 11) is 0. The Morgan fingerprint density at radius 1 is 0.400 bits per heavy atom. The van der Waals surface area contributed by atoms with E-state index < -0.39 is 0 Å². The minimum Gasteiger partial charge on any atom is -0.507 e. The van der Waals surface area contributed by atoms with Crippen LogP contribution in [0.1, 0.15) is 33.4 Å². The monoisotopic (exact) mass is 522 g/mol. The first-order chi connectivity index (χ1) is 19.2. The molecule has 2 N–H and O–H groups in total. The molecule has 0 amide bonds. The smallest absolute Gasteiger partial charge is 0.132 e. The van der Waals surface area contributed by atoms with Crippen molar-refractivity contribution in [2.45, 2.75) is 41.5 Å². The molecule has 2 heteroatoms. The highest BCUT2D eigenvalue weighted by atomic mass is 16.3. The number of phenolic OH excluding ortho intramolecular Hbond substituents is 2. The van der Waals surface area contributed by atoms with Gasteiger partial charge in [0.1, 0.15) is 11.5 Å². The average molecular weight is 523 g/mol. The summed E-state index contributed by atoms with van der Waals surface area (Å²) in [4.78, 5) is 0. The van der Waals surface area contributed by atoms with Gasteiger partial charge in [0.2, 0.25) is 0 Å². The van der Waals surface area contributed by atoms with Gasteiger partial charge in [-0.1, -0.05) is 83.9 Å². The molecule has 0 aliphatic carbocycles. The Hall–Kier alpha value is -4.56. The van der Waals surface area contributed by atoms with Crippen LogP contribution in [0.25, 0.3) is 54.9 Å². The average Bonchev–Trinajstić information content (AvgIpc) is 2.89. The molecular weight excluding hydrogens is 488 g/mol. The number of fused-ring (bicyclic) bond motifs is 2. The SMILES string of the molecule is Cc1cc(C)c(-c2cc3ccccc3c(-c3c(O)c(-c4c(C)cc(C)cc4C)cc4ccccc34)c2O)c(C)c1. The second kappa shape index (κ2) is 9.57. The molecule has 2 nitrogen and oxygen atoms in total. The first kappa shape index (κ1) is 25.7.